The van der Waals surface area contributed by atoms with E-state index in [1.807, 2.05) is 50.4 Å². The molecule has 1 unspecified atom stereocenters. The number of aliphatic carboxylic acids is 1. The predicted octanol–water partition coefficient (Wildman–Crippen LogP) is 5.61. The Balaban J connectivity index is 0.000000479. The minimum atomic E-state index is -2.49. The van der Waals surface area contributed by atoms with Crippen molar-refractivity contribution in [2.75, 3.05) is 13.1 Å². The third-order valence-electron chi connectivity index (χ3n) is 6.53. The van der Waals surface area contributed by atoms with Gasteiger partial charge in [0.1, 0.15) is 5.65 Å². The van der Waals surface area contributed by atoms with E-state index in [9.17, 15) is 18.4 Å². The van der Waals surface area contributed by atoms with Crippen molar-refractivity contribution < 1.29 is 23.5 Å². The van der Waals surface area contributed by atoms with E-state index in [0.29, 0.717) is 31.5 Å². The average molecular weight is 466 g/mol. The van der Waals surface area contributed by atoms with Gasteiger partial charge >= 0.3 is 5.97 Å². The summed E-state index contributed by atoms with van der Waals surface area (Å²) in [5.41, 5.74) is 3.38. The van der Waals surface area contributed by atoms with Gasteiger partial charge in [-0.1, -0.05) is 13.8 Å². The van der Waals surface area contributed by atoms with Crippen LogP contribution in [-0.2, 0) is 11.2 Å². The highest BCUT2D eigenvalue weighted by Crippen LogP contribution is 2.37. The van der Waals surface area contributed by atoms with Crippen LogP contribution in [0, 0.1) is 18.8 Å². The Morgan fingerprint density at radius 1 is 1.21 bits per heavy atom. The molecule has 1 aliphatic rings. The maximum Gasteiger partial charge on any atom is 0.306 e. The number of aryl methyl sites for hydroxylation is 1. The molecule has 0 saturated heterocycles. The van der Waals surface area contributed by atoms with Crippen molar-refractivity contribution in [3.63, 3.8) is 0 Å². The van der Waals surface area contributed by atoms with Crippen molar-refractivity contribution in [3.8, 4) is 0 Å². The van der Waals surface area contributed by atoms with E-state index in [0.717, 1.165) is 29.9 Å². The summed E-state index contributed by atoms with van der Waals surface area (Å²) >= 11 is 0. The van der Waals surface area contributed by atoms with Gasteiger partial charge in [0.15, 0.2) is 0 Å². The highest BCUT2D eigenvalue weighted by Gasteiger charge is 2.35. The molecular weight excluding hydrogens is 428 g/mol. The summed E-state index contributed by atoms with van der Waals surface area (Å²) in [6.45, 7) is 10.8. The van der Waals surface area contributed by atoms with Gasteiger partial charge < -0.3 is 14.4 Å². The molecule has 1 aliphatic carbocycles. The van der Waals surface area contributed by atoms with Gasteiger partial charge in [0, 0.05) is 49.1 Å². The third-order valence-corrected chi connectivity index (χ3v) is 6.53. The zero-order chi connectivity index (χ0) is 24.8. The van der Waals surface area contributed by atoms with Gasteiger partial charge in [-0.05, 0) is 64.5 Å². The zero-order valence-electron chi connectivity index (χ0n) is 20.4. The standard InChI is InChI=1S/C20H27F2N3O.C5H10O2/c1-4-24(5-2)19(26)16-10-14(3)25-17(13-23-18(25)12-16)11-15-6-8-20(21,22)9-7-15;1-3-4(2)5(6)7/h10,12-13,15H,4-9,11H2,1-3H3;4H,3H2,1-2H3,(H,6,7). The van der Waals surface area contributed by atoms with E-state index in [2.05, 4.69) is 4.98 Å². The van der Waals surface area contributed by atoms with Gasteiger partial charge in [-0.2, -0.15) is 0 Å². The molecule has 2 heterocycles. The molecule has 184 valence electrons. The summed E-state index contributed by atoms with van der Waals surface area (Å²) in [4.78, 5) is 28.8. The Morgan fingerprint density at radius 3 is 2.30 bits per heavy atom. The third kappa shape index (κ3) is 6.98. The number of hydrogen-bond acceptors (Lipinski definition) is 3. The maximum absolute atomic E-state index is 13.4. The van der Waals surface area contributed by atoms with Crippen LogP contribution in [0.3, 0.4) is 0 Å². The lowest BCUT2D eigenvalue weighted by molar-refractivity contribution is -0.141. The van der Waals surface area contributed by atoms with Crippen LogP contribution in [0.25, 0.3) is 5.65 Å². The Morgan fingerprint density at radius 2 is 1.82 bits per heavy atom. The van der Waals surface area contributed by atoms with E-state index >= 15 is 0 Å². The molecule has 1 fully saturated rings. The predicted molar refractivity (Wildman–Crippen MR) is 125 cm³/mol. The summed E-state index contributed by atoms with van der Waals surface area (Å²) in [6, 6.07) is 3.72. The fraction of sp³-hybridized carbons (Fsp3) is 0.640. The normalized spacial score (nSPS) is 16.7. The van der Waals surface area contributed by atoms with Crippen LogP contribution in [0.4, 0.5) is 8.78 Å². The van der Waals surface area contributed by atoms with Crippen molar-refractivity contribution in [2.24, 2.45) is 11.8 Å². The van der Waals surface area contributed by atoms with Crippen LogP contribution < -0.4 is 0 Å². The highest BCUT2D eigenvalue weighted by atomic mass is 19.3. The summed E-state index contributed by atoms with van der Waals surface area (Å²) in [7, 11) is 0. The molecule has 0 bridgehead atoms. The molecule has 8 heteroatoms. The quantitative estimate of drug-likeness (QED) is 0.577. The smallest absolute Gasteiger partial charge is 0.306 e. The van der Waals surface area contributed by atoms with E-state index in [-0.39, 0.29) is 30.6 Å². The van der Waals surface area contributed by atoms with Crippen LogP contribution in [0.2, 0.25) is 0 Å². The number of alkyl halides is 2. The Bertz CT molecular complexity index is 944. The second-order valence-corrected chi connectivity index (χ2v) is 8.96. The number of imidazole rings is 1. The summed E-state index contributed by atoms with van der Waals surface area (Å²) in [5.74, 6) is -3.10. The lowest BCUT2D eigenvalue weighted by Crippen LogP contribution is -2.30. The number of carbonyl (C=O) groups excluding carboxylic acids is 1. The lowest BCUT2D eigenvalue weighted by Gasteiger charge is -2.28. The summed E-state index contributed by atoms with van der Waals surface area (Å²) < 4.78 is 28.8. The molecule has 1 N–H and O–H groups in total. The summed E-state index contributed by atoms with van der Waals surface area (Å²) in [5, 5.41) is 8.18. The fourth-order valence-corrected chi connectivity index (χ4v) is 4.12. The SMILES string of the molecule is CCC(C)C(=O)O.CCN(CC)C(=O)c1cc(C)n2c(CC3CCC(F)(F)CC3)cnc2c1. The number of fused-ring (bicyclic) bond motifs is 1. The number of aromatic nitrogens is 2. The number of amides is 1. The second-order valence-electron chi connectivity index (χ2n) is 8.96. The minimum Gasteiger partial charge on any atom is -0.481 e. The molecule has 1 amide bonds. The molecular formula is C25H37F2N3O3. The van der Waals surface area contributed by atoms with Gasteiger partial charge in [0.25, 0.3) is 5.91 Å². The monoisotopic (exact) mass is 465 g/mol. The van der Waals surface area contributed by atoms with Gasteiger partial charge in [-0.15, -0.1) is 0 Å². The molecule has 0 aliphatic heterocycles. The number of hydrogen-bond donors (Lipinski definition) is 1. The van der Waals surface area contributed by atoms with Crippen LogP contribution in [-0.4, -0.2) is 50.3 Å². The molecule has 0 radical (unpaired) electrons. The number of carboxylic acids is 1. The molecule has 0 spiro atoms. The zero-order valence-corrected chi connectivity index (χ0v) is 20.4. The number of pyridine rings is 1. The van der Waals surface area contributed by atoms with E-state index < -0.39 is 11.9 Å². The van der Waals surface area contributed by atoms with Crippen molar-refractivity contribution in [2.45, 2.75) is 79.1 Å². The molecule has 1 atom stereocenters. The van der Waals surface area contributed by atoms with E-state index in [4.69, 9.17) is 5.11 Å². The fourth-order valence-electron chi connectivity index (χ4n) is 4.12. The topological polar surface area (TPSA) is 74.9 Å². The van der Waals surface area contributed by atoms with Crippen LogP contribution >= 0.6 is 0 Å². The Labute approximate surface area is 195 Å². The highest BCUT2D eigenvalue weighted by molar-refractivity contribution is 5.95. The van der Waals surface area contributed by atoms with E-state index in [1.54, 1.807) is 11.8 Å². The van der Waals surface area contributed by atoms with Crippen LogP contribution in [0.5, 0.6) is 0 Å². The van der Waals surface area contributed by atoms with Crippen molar-refractivity contribution in [1.29, 1.82) is 0 Å². The van der Waals surface area contributed by atoms with Crippen LogP contribution in [0.1, 0.15) is 81.5 Å². The van der Waals surface area contributed by atoms with Crippen molar-refractivity contribution >= 4 is 17.5 Å². The molecule has 0 aromatic carbocycles. The second kappa shape index (κ2) is 11.6. The molecule has 6 nitrogen and oxygen atoms in total. The van der Waals surface area contributed by atoms with E-state index in [1.165, 1.54) is 0 Å². The molecule has 2 aromatic rings. The molecule has 3 rings (SSSR count). The van der Waals surface area contributed by atoms with Gasteiger partial charge in [0.05, 0.1) is 5.92 Å². The first-order valence-corrected chi connectivity index (χ1v) is 11.9. The van der Waals surface area contributed by atoms with Crippen molar-refractivity contribution in [1.82, 2.24) is 14.3 Å². The number of rotatable bonds is 7. The first-order valence-electron chi connectivity index (χ1n) is 11.9. The van der Waals surface area contributed by atoms with Gasteiger partial charge in [-0.25, -0.2) is 13.8 Å². The lowest BCUT2D eigenvalue weighted by atomic mass is 9.84. The first-order chi connectivity index (χ1) is 15.5. The molecule has 33 heavy (non-hydrogen) atoms. The largest absolute Gasteiger partial charge is 0.481 e. The molecule has 1 saturated carbocycles. The number of carboxylic acid groups (broad SMARTS) is 1. The number of nitrogens with zero attached hydrogens (tertiary/aromatic N) is 3. The Hall–Kier alpha value is -2.51. The maximum atomic E-state index is 13.4. The number of carbonyl (C=O) groups is 2. The Kier molecular flexibility index (Phi) is 9.37. The van der Waals surface area contributed by atoms with Crippen molar-refractivity contribution in [3.05, 3.63) is 35.3 Å². The number of halogens is 2. The minimum absolute atomic E-state index is 0.0136. The van der Waals surface area contributed by atoms with Gasteiger partial charge in [-0.3, -0.25) is 9.59 Å². The average Bonchev–Trinajstić information content (AvgIpc) is 3.19. The molecule has 2 aromatic heterocycles. The summed E-state index contributed by atoms with van der Waals surface area (Å²) in [6.07, 6.45) is 4.36. The van der Waals surface area contributed by atoms with Crippen LogP contribution in [0.15, 0.2) is 18.3 Å². The first kappa shape index (κ1) is 26.7. The van der Waals surface area contributed by atoms with Gasteiger partial charge in [0.2, 0.25) is 5.92 Å².